The Kier molecular flexibility index (Phi) is 4.61. The summed E-state index contributed by atoms with van der Waals surface area (Å²) in [5.74, 6) is 1.31. The van der Waals surface area contributed by atoms with Crippen molar-refractivity contribution in [3.63, 3.8) is 0 Å². The van der Waals surface area contributed by atoms with Crippen LogP contribution >= 0.6 is 0 Å². The summed E-state index contributed by atoms with van der Waals surface area (Å²) in [6.07, 6.45) is 2.22. The zero-order chi connectivity index (χ0) is 12.9. The fourth-order valence-corrected chi connectivity index (χ4v) is 1.81. The third-order valence-electron chi connectivity index (χ3n) is 2.51. The second-order valence-corrected chi connectivity index (χ2v) is 4.78. The predicted molar refractivity (Wildman–Crippen MR) is 72.4 cm³/mol. The number of nitrogens with two attached hydrogens (primary N) is 1. The summed E-state index contributed by atoms with van der Waals surface area (Å²) in [5.41, 5.74) is 6.39. The molecule has 1 heterocycles. The number of hydrogen-bond acceptors (Lipinski definition) is 4. The van der Waals surface area contributed by atoms with Crippen molar-refractivity contribution in [2.45, 2.75) is 46.1 Å². The Morgan fingerprint density at radius 1 is 1.35 bits per heavy atom. The SMILES string of the molecule is CCCC(C)(C)Nc1ccc(N)c(OCC)n1. The lowest BCUT2D eigenvalue weighted by Crippen LogP contribution is -2.30. The lowest BCUT2D eigenvalue weighted by molar-refractivity contribution is 0.329. The molecule has 0 aromatic carbocycles. The first kappa shape index (κ1) is 13.6. The van der Waals surface area contributed by atoms with Crippen LogP contribution in [-0.2, 0) is 0 Å². The van der Waals surface area contributed by atoms with Gasteiger partial charge in [0.15, 0.2) is 0 Å². The van der Waals surface area contributed by atoms with Crippen LogP contribution in [0.25, 0.3) is 0 Å². The van der Waals surface area contributed by atoms with Crippen LogP contribution in [0.5, 0.6) is 5.88 Å². The van der Waals surface area contributed by atoms with Gasteiger partial charge in [-0.2, -0.15) is 4.98 Å². The summed E-state index contributed by atoms with van der Waals surface area (Å²) >= 11 is 0. The molecular weight excluding hydrogens is 214 g/mol. The van der Waals surface area contributed by atoms with Crippen molar-refractivity contribution >= 4 is 11.5 Å². The monoisotopic (exact) mass is 237 g/mol. The molecule has 0 amide bonds. The fraction of sp³-hybridized carbons (Fsp3) is 0.615. The van der Waals surface area contributed by atoms with Gasteiger partial charge < -0.3 is 15.8 Å². The Morgan fingerprint density at radius 2 is 2.06 bits per heavy atom. The van der Waals surface area contributed by atoms with E-state index < -0.39 is 0 Å². The van der Waals surface area contributed by atoms with Crippen molar-refractivity contribution < 1.29 is 4.74 Å². The summed E-state index contributed by atoms with van der Waals surface area (Å²) in [6, 6.07) is 3.71. The van der Waals surface area contributed by atoms with Gasteiger partial charge in [0.05, 0.1) is 12.3 Å². The second kappa shape index (κ2) is 5.75. The molecule has 0 atom stereocenters. The van der Waals surface area contributed by atoms with Crippen LogP contribution in [0.2, 0.25) is 0 Å². The lowest BCUT2D eigenvalue weighted by atomic mass is 9.99. The van der Waals surface area contributed by atoms with Gasteiger partial charge in [0, 0.05) is 5.54 Å². The molecular formula is C13H23N3O. The standard InChI is InChI=1S/C13H23N3O/c1-5-9-13(3,4)16-11-8-7-10(14)12(15-11)17-6-2/h7-8H,5-6,9,14H2,1-4H3,(H,15,16). The number of nitrogen functional groups attached to an aromatic ring is 1. The normalized spacial score (nSPS) is 11.3. The van der Waals surface area contributed by atoms with E-state index in [-0.39, 0.29) is 5.54 Å². The molecule has 0 aliphatic heterocycles. The van der Waals surface area contributed by atoms with E-state index in [2.05, 4.69) is 31.1 Å². The van der Waals surface area contributed by atoms with E-state index in [1.807, 2.05) is 19.1 Å². The van der Waals surface area contributed by atoms with E-state index in [0.29, 0.717) is 18.2 Å². The van der Waals surface area contributed by atoms with Crippen molar-refractivity contribution in [3.05, 3.63) is 12.1 Å². The Balaban J connectivity index is 2.81. The maximum Gasteiger partial charge on any atom is 0.239 e. The molecule has 0 radical (unpaired) electrons. The summed E-state index contributed by atoms with van der Waals surface area (Å²) in [7, 11) is 0. The maximum absolute atomic E-state index is 5.78. The Morgan fingerprint density at radius 3 is 2.65 bits per heavy atom. The smallest absolute Gasteiger partial charge is 0.239 e. The van der Waals surface area contributed by atoms with Crippen molar-refractivity contribution in [3.8, 4) is 5.88 Å². The molecule has 17 heavy (non-hydrogen) atoms. The van der Waals surface area contributed by atoms with Gasteiger partial charge in [-0.05, 0) is 39.3 Å². The van der Waals surface area contributed by atoms with E-state index in [1.165, 1.54) is 0 Å². The summed E-state index contributed by atoms with van der Waals surface area (Å²) in [5, 5.41) is 3.40. The minimum atomic E-state index is 0.0291. The van der Waals surface area contributed by atoms with Gasteiger partial charge in [0.25, 0.3) is 0 Å². The Hall–Kier alpha value is -1.45. The van der Waals surface area contributed by atoms with Crippen LogP contribution < -0.4 is 15.8 Å². The van der Waals surface area contributed by atoms with E-state index in [9.17, 15) is 0 Å². The molecule has 96 valence electrons. The summed E-state index contributed by atoms with van der Waals surface area (Å²) < 4.78 is 5.38. The number of pyridine rings is 1. The number of aromatic nitrogens is 1. The summed E-state index contributed by atoms with van der Waals surface area (Å²) in [4.78, 5) is 4.37. The number of ether oxygens (including phenoxy) is 1. The van der Waals surface area contributed by atoms with Crippen molar-refractivity contribution in [2.24, 2.45) is 0 Å². The predicted octanol–water partition coefficient (Wildman–Crippen LogP) is 3.05. The van der Waals surface area contributed by atoms with Gasteiger partial charge in [-0.3, -0.25) is 0 Å². The molecule has 1 aromatic rings. The lowest BCUT2D eigenvalue weighted by Gasteiger charge is -2.26. The van der Waals surface area contributed by atoms with Crippen LogP contribution in [0.1, 0.15) is 40.5 Å². The third-order valence-corrected chi connectivity index (χ3v) is 2.51. The third kappa shape index (κ3) is 4.13. The zero-order valence-electron chi connectivity index (χ0n) is 11.2. The number of anilines is 2. The molecule has 0 fully saturated rings. The Bertz CT molecular complexity index is 364. The molecule has 1 rings (SSSR count). The van der Waals surface area contributed by atoms with Gasteiger partial charge in [0.1, 0.15) is 5.82 Å². The topological polar surface area (TPSA) is 60.2 Å². The number of nitrogens with one attached hydrogen (secondary N) is 1. The van der Waals surface area contributed by atoms with Gasteiger partial charge >= 0.3 is 0 Å². The highest BCUT2D eigenvalue weighted by molar-refractivity contribution is 5.54. The van der Waals surface area contributed by atoms with Crippen LogP contribution in [0.4, 0.5) is 11.5 Å². The average molecular weight is 237 g/mol. The highest BCUT2D eigenvalue weighted by atomic mass is 16.5. The highest BCUT2D eigenvalue weighted by Gasteiger charge is 2.17. The van der Waals surface area contributed by atoms with Crippen molar-refractivity contribution in [1.29, 1.82) is 0 Å². The van der Waals surface area contributed by atoms with Gasteiger partial charge in [0.2, 0.25) is 5.88 Å². The first-order chi connectivity index (χ1) is 7.98. The van der Waals surface area contributed by atoms with Crippen LogP contribution in [-0.4, -0.2) is 17.1 Å². The minimum absolute atomic E-state index is 0.0291. The number of nitrogens with zero attached hydrogens (tertiary/aromatic N) is 1. The zero-order valence-corrected chi connectivity index (χ0v) is 11.2. The number of hydrogen-bond donors (Lipinski definition) is 2. The van der Waals surface area contributed by atoms with E-state index in [4.69, 9.17) is 10.5 Å². The average Bonchev–Trinajstić information content (AvgIpc) is 2.23. The van der Waals surface area contributed by atoms with Crippen molar-refractivity contribution in [2.75, 3.05) is 17.7 Å². The molecule has 0 saturated heterocycles. The first-order valence-corrected chi connectivity index (χ1v) is 6.16. The molecule has 4 heteroatoms. The fourth-order valence-electron chi connectivity index (χ4n) is 1.81. The van der Waals surface area contributed by atoms with Crippen LogP contribution in [0.3, 0.4) is 0 Å². The van der Waals surface area contributed by atoms with E-state index >= 15 is 0 Å². The molecule has 3 N–H and O–H groups in total. The molecule has 4 nitrogen and oxygen atoms in total. The van der Waals surface area contributed by atoms with Gasteiger partial charge in [-0.1, -0.05) is 13.3 Å². The van der Waals surface area contributed by atoms with Gasteiger partial charge in [-0.15, -0.1) is 0 Å². The molecule has 0 aliphatic rings. The highest BCUT2D eigenvalue weighted by Crippen LogP contribution is 2.24. The van der Waals surface area contributed by atoms with E-state index in [0.717, 1.165) is 18.7 Å². The summed E-state index contributed by atoms with van der Waals surface area (Å²) in [6.45, 7) is 8.98. The Labute approximate surface area is 104 Å². The molecule has 1 aromatic heterocycles. The maximum atomic E-state index is 5.78. The molecule has 0 saturated carbocycles. The quantitative estimate of drug-likeness (QED) is 0.798. The number of rotatable bonds is 6. The molecule has 0 spiro atoms. The van der Waals surface area contributed by atoms with Crippen LogP contribution in [0, 0.1) is 0 Å². The van der Waals surface area contributed by atoms with Gasteiger partial charge in [-0.25, -0.2) is 0 Å². The van der Waals surface area contributed by atoms with Crippen molar-refractivity contribution in [1.82, 2.24) is 4.98 Å². The molecule has 0 bridgehead atoms. The first-order valence-electron chi connectivity index (χ1n) is 6.16. The molecule has 0 unspecified atom stereocenters. The minimum Gasteiger partial charge on any atom is -0.476 e. The second-order valence-electron chi connectivity index (χ2n) is 4.78. The molecule has 0 aliphatic carbocycles. The van der Waals surface area contributed by atoms with E-state index in [1.54, 1.807) is 0 Å². The van der Waals surface area contributed by atoms with Crippen LogP contribution in [0.15, 0.2) is 12.1 Å². The largest absolute Gasteiger partial charge is 0.476 e.